The van der Waals surface area contributed by atoms with Crippen LogP contribution >= 0.6 is 15.9 Å². The molecule has 4 heteroatoms. The molecule has 1 spiro atoms. The molecule has 18 heavy (non-hydrogen) atoms. The molecule has 0 bridgehead atoms. The Morgan fingerprint density at radius 1 is 1.28 bits per heavy atom. The Kier molecular flexibility index (Phi) is 3.34. The van der Waals surface area contributed by atoms with Gasteiger partial charge in [0.1, 0.15) is 11.4 Å². The van der Waals surface area contributed by atoms with Gasteiger partial charge in [-0.15, -0.1) is 0 Å². The molecule has 98 valence electrons. The van der Waals surface area contributed by atoms with E-state index in [0.29, 0.717) is 0 Å². The quantitative estimate of drug-likeness (QED) is 0.800. The zero-order valence-corrected chi connectivity index (χ0v) is 11.9. The minimum Gasteiger partial charge on any atom is -0.487 e. The van der Waals surface area contributed by atoms with E-state index < -0.39 is 0 Å². The van der Waals surface area contributed by atoms with Gasteiger partial charge in [-0.1, -0.05) is 15.9 Å². The fraction of sp³-hybridized carbons (Fsp3) is 0.571. The lowest BCUT2D eigenvalue weighted by molar-refractivity contribution is 0.0155. The number of fused-ring (bicyclic) bond motifs is 1. The first kappa shape index (κ1) is 12.5. The van der Waals surface area contributed by atoms with Gasteiger partial charge in [-0.25, -0.2) is 0 Å². The van der Waals surface area contributed by atoms with Gasteiger partial charge in [0.15, 0.2) is 0 Å². The molecule has 3 rings (SSSR count). The number of benzene rings is 1. The third-order valence-electron chi connectivity index (χ3n) is 3.91. The summed E-state index contributed by atoms with van der Waals surface area (Å²) in [5.74, 6) is 0.943. The molecule has 0 aliphatic carbocycles. The maximum atomic E-state index is 6.33. The number of hydrogen-bond donors (Lipinski definition) is 1. The molecule has 3 nitrogen and oxygen atoms in total. The Morgan fingerprint density at radius 3 is 3.06 bits per heavy atom. The largest absolute Gasteiger partial charge is 0.487 e. The molecule has 2 aliphatic rings. The number of rotatable bonds is 0. The van der Waals surface area contributed by atoms with Gasteiger partial charge in [0, 0.05) is 35.5 Å². The van der Waals surface area contributed by atoms with Crippen molar-refractivity contribution in [3.05, 3.63) is 28.2 Å². The molecule has 0 saturated carbocycles. The van der Waals surface area contributed by atoms with E-state index in [1.807, 2.05) is 12.1 Å². The molecule has 2 N–H and O–H groups in total. The first-order valence-corrected chi connectivity index (χ1v) is 7.30. The first-order valence-electron chi connectivity index (χ1n) is 6.50. The van der Waals surface area contributed by atoms with Crippen LogP contribution in [0.3, 0.4) is 0 Å². The Balaban J connectivity index is 1.92. The van der Waals surface area contributed by atoms with Crippen LogP contribution in [-0.2, 0) is 4.74 Å². The summed E-state index contributed by atoms with van der Waals surface area (Å²) >= 11 is 3.49. The highest BCUT2D eigenvalue weighted by atomic mass is 79.9. The van der Waals surface area contributed by atoms with E-state index in [2.05, 4.69) is 22.0 Å². The van der Waals surface area contributed by atoms with Crippen molar-refractivity contribution in [2.24, 2.45) is 5.73 Å². The van der Waals surface area contributed by atoms with Crippen molar-refractivity contribution in [2.45, 2.75) is 37.3 Å². The van der Waals surface area contributed by atoms with E-state index in [4.69, 9.17) is 15.2 Å². The third-order valence-corrected chi connectivity index (χ3v) is 4.41. The van der Waals surface area contributed by atoms with Crippen molar-refractivity contribution < 1.29 is 9.47 Å². The summed E-state index contributed by atoms with van der Waals surface area (Å²) < 4.78 is 12.9. The van der Waals surface area contributed by atoms with Crippen LogP contribution < -0.4 is 10.5 Å². The van der Waals surface area contributed by atoms with Gasteiger partial charge in [0.2, 0.25) is 0 Å². The van der Waals surface area contributed by atoms with Crippen LogP contribution in [0.1, 0.15) is 37.3 Å². The SMILES string of the molecule is N[C@@H]1CC2(CCCOCC2)Oc2ccc(Br)cc21. The van der Waals surface area contributed by atoms with Gasteiger partial charge in [-0.2, -0.15) is 0 Å². The van der Waals surface area contributed by atoms with Crippen LogP contribution in [0.5, 0.6) is 5.75 Å². The van der Waals surface area contributed by atoms with E-state index in [-0.39, 0.29) is 11.6 Å². The third kappa shape index (κ3) is 2.29. The number of halogens is 1. The second kappa shape index (κ2) is 4.83. The molecule has 2 atom stereocenters. The van der Waals surface area contributed by atoms with E-state index in [1.165, 1.54) is 0 Å². The molecular weight excluding hydrogens is 294 g/mol. The Morgan fingerprint density at radius 2 is 2.17 bits per heavy atom. The lowest BCUT2D eigenvalue weighted by Crippen LogP contribution is -2.43. The molecule has 1 saturated heterocycles. The number of hydrogen-bond acceptors (Lipinski definition) is 3. The number of nitrogens with two attached hydrogens (primary N) is 1. The van der Waals surface area contributed by atoms with Gasteiger partial charge >= 0.3 is 0 Å². The van der Waals surface area contributed by atoms with Crippen LogP contribution in [0.25, 0.3) is 0 Å². The van der Waals surface area contributed by atoms with Gasteiger partial charge in [0.05, 0.1) is 6.61 Å². The number of ether oxygens (including phenoxy) is 2. The predicted molar refractivity (Wildman–Crippen MR) is 73.7 cm³/mol. The first-order chi connectivity index (χ1) is 8.69. The monoisotopic (exact) mass is 311 g/mol. The summed E-state index contributed by atoms with van der Waals surface area (Å²) in [5, 5.41) is 0. The zero-order chi connectivity index (χ0) is 12.6. The average Bonchev–Trinajstić information content (AvgIpc) is 2.56. The minimum atomic E-state index is -0.114. The molecule has 0 aromatic heterocycles. The lowest BCUT2D eigenvalue weighted by atomic mass is 9.83. The normalized spacial score (nSPS) is 31.6. The Labute approximate surface area is 116 Å². The van der Waals surface area contributed by atoms with Crippen LogP contribution in [-0.4, -0.2) is 18.8 Å². The summed E-state index contributed by atoms with van der Waals surface area (Å²) in [6, 6.07) is 6.16. The van der Waals surface area contributed by atoms with Crippen LogP contribution in [0.4, 0.5) is 0 Å². The standard InChI is InChI=1S/C14H18BrNO2/c15-10-2-3-13-11(8-10)12(16)9-14(18-13)4-1-6-17-7-5-14/h2-3,8,12H,1,4-7,9,16H2/t12-,14?/m1/s1. The minimum absolute atomic E-state index is 0.0596. The molecule has 1 fully saturated rings. The average molecular weight is 312 g/mol. The summed E-state index contributed by atoms with van der Waals surface area (Å²) in [4.78, 5) is 0. The maximum absolute atomic E-state index is 6.33. The highest BCUT2D eigenvalue weighted by molar-refractivity contribution is 9.10. The topological polar surface area (TPSA) is 44.5 Å². The van der Waals surface area contributed by atoms with E-state index in [9.17, 15) is 0 Å². The van der Waals surface area contributed by atoms with Crippen molar-refractivity contribution in [1.29, 1.82) is 0 Å². The van der Waals surface area contributed by atoms with Crippen LogP contribution in [0, 0.1) is 0 Å². The Hall–Kier alpha value is -0.580. The van der Waals surface area contributed by atoms with E-state index in [0.717, 1.165) is 54.7 Å². The summed E-state index contributed by atoms with van der Waals surface area (Å²) in [5.41, 5.74) is 7.33. The molecule has 1 aromatic carbocycles. The Bertz CT molecular complexity index is 441. The summed E-state index contributed by atoms with van der Waals surface area (Å²) in [6.45, 7) is 1.62. The van der Waals surface area contributed by atoms with Crippen molar-refractivity contribution in [3.63, 3.8) is 0 Å². The predicted octanol–water partition coefficient (Wildman–Crippen LogP) is 3.17. The summed E-state index contributed by atoms with van der Waals surface area (Å²) in [7, 11) is 0. The molecular formula is C14H18BrNO2. The van der Waals surface area contributed by atoms with E-state index in [1.54, 1.807) is 0 Å². The van der Waals surface area contributed by atoms with Crippen molar-refractivity contribution in [2.75, 3.05) is 13.2 Å². The van der Waals surface area contributed by atoms with Crippen LogP contribution in [0.2, 0.25) is 0 Å². The smallest absolute Gasteiger partial charge is 0.124 e. The van der Waals surface area contributed by atoms with Crippen LogP contribution in [0.15, 0.2) is 22.7 Å². The molecule has 0 radical (unpaired) electrons. The summed E-state index contributed by atoms with van der Waals surface area (Å²) in [6.07, 6.45) is 3.92. The van der Waals surface area contributed by atoms with Crippen molar-refractivity contribution in [3.8, 4) is 5.75 Å². The highest BCUT2D eigenvalue weighted by Crippen LogP contribution is 2.43. The molecule has 2 heterocycles. The van der Waals surface area contributed by atoms with Crippen molar-refractivity contribution in [1.82, 2.24) is 0 Å². The van der Waals surface area contributed by atoms with Gasteiger partial charge in [0.25, 0.3) is 0 Å². The fourth-order valence-electron chi connectivity index (χ4n) is 2.98. The molecule has 2 aliphatic heterocycles. The lowest BCUT2D eigenvalue weighted by Gasteiger charge is -2.40. The highest BCUT2D eigenvalue weighted by Gasteiger charge is 2.40. The van der Waals surface area contributed by atoms with E-state index >= 15 is 0 Å². The maximum Gasteiger partial charge on any atom is 0.124 e. The second-order valence-electron chi connectivity index (χ2n) is 5.24. The zero-order valence-electron chi connectivity index (χ0n) is 10.3. The van der Waals surface area contributed by atoms with Gasteiger partial charge in [-0.05, 0) is 31.0 Å². The second-order valence-corrected chi connectivity index (χ2v) is 6.16. The molecule has 1 unspecified atom stereocenters. The van der Waals surface area contributed by atoms with Gasteiger partial charge in [-0.3, -0.25) is 0 Å². The molecule has 0 amide bonds. The van der Waals surface area contributed by atoms with Gasteiger partial charge < -0.3 is 15.2 Å². The molecule has 1 aromatic rings. The van der Waals surface area contributed by atoms with Crippen molar-refractivity contribution >= 4 is 15.9 Å². The fourth-order valence-corrected chi connectivity index (χ4v) is 3.35.